The van der Waals surface area contributed by atoms with Gasteiger partial charge in [-0.15, -0.1) is 0 Å². The number of hydrogen-bond acceptors (Lipinski definition) is 0. The van der Waals surface area contributed by atoms with E-state index in [-0.39, 0.29) is 35.0 Å². The summed E-state index contributed by atoms with van der Waals surface area (Å²) in [4.78, 5) is 0. The van der Waals surface area contributed by atoms with Crippen LogP contribution in [0.3, 0.4) is 0 Å². The van der Waals surface area contributed by atoms with Gasteiger partial charge < -0.3 is 18.6 Å². The monoisotopic (exact) mass is 110 g/mol. The van der Waals surface area contributed by atoms with Gasteiger partial charge in [0, 0.05) is 0 Å². The molecule has 0 rings (SSSR count). The van der Waals surface area contributed by atoms with Crippen LogP contribution in [-0.2, 0) is 0 Å². The molecular formula is CH2F3NaO. The molecule has 0 aromatic carbocycles. The quantitative estimate of drug-likeness (QED) is 0.244. The Bertz CT molecular complexity index is 15.5. The Kier molecular flexibility index (Phi) is 24.4. The fourth-order valence-corrected chi connectivity index (χ4v) is 0. The summed E-state index contributed by atoms with van der Waals surface area (Å²) < 4.78 is 28.8. The number of hydrogen-bond donors (Lipinski definition) is 0. The van der Waals surface area contributed by atoms with E-state index >= 15 is 0 Å². The van der Waals surface area contributed by atoms with Crippen molar-refractivity contribution >= 4 is 0 Å². The van der Waals surface area contributed by atoms with Crippen LogP contribution in [0.2, 0.25) is 0 Å². The van der Waals surface area contributed by atoms with Crippen molar-refractivity contribution in [3.05, 3.63) is 6.68 Å². The third kappa shape index (κ3) is 119. The summed E-state index contributed by atoms with van der Waals surface area (Å²) in [6.45, 7) is -3.08. The topological polar surface area (TPSA) is 31.5 Å². The average Bonchev–Trinajstić information content (AvgIpc) is 0.811. The van der Waals surface area contributed by atoms with Gasteiger partial charge in [-0.05, 0) is 0 Å². The molecule has 0 saturated heterocycles. The molecule has 0 aromatic rings. The first-order valence-electron chi connectivity index (χ1n) is 0.567. The van der Waals surface area contributed by atoms with E-state index in [9.17, 15) is 13.2 Å². The van der Waals surface area contributed by atoms with Gasteiger partial charge in [-0.2, -0.15) is 0 Å². The van der Waals surface area contributed by atoms with Crippen LogP contribution in [0.4, 0.5) is 13.2 Å². The van der Waals surface area contributed by atoms with E-state index < -0.39 is 6.68 Å². The van der Waals surface area contributed by atoms with Crippen LogP contribution < -0.4 is 29.6 Å². The molecule has 2 N–H and O–H groups in total. The zero-order valence-corrected chi connectivity index (χ0v) is 5.13. The first-order valence-corrected chi connectivity index (χ1v) is 0.567. The Morgan fingerprint density at radius 2 is 1.00 bits per heavy atom. The largest absolute Gasteiger partial charge is 1.00 e. The summed E-state index contributed by atoms with van der Waals surface area (Å²) in [6.07, 6.45) is 0. The summed E-state index contributed by atoms with van der Waals surface area (Å²) in [5.74, 6) is 0. The van der Waals surface area contributed by atoms with Crippen LogP contribution in [0.15, 0.2) is 0 Å². The molecule has 0 aromatic heterocycles. The van der Waals surface area contributed by atoms with Gasteiger partial charge in [0.05, 0.1) is 0 Å². The summed E-state index contributed by atoms with van der Waals surface area (Å²) >= 11 is 0. The van der Waals surface area contributed by atoms with Gasteiger partial charge in [0.25, 0.3) is 0 Å². The van der Waals surface area contributed by atoms with Crippen LogP contribution in [0.25, 0.3) is 0 Å². The van der Waals surface area contributed by atoms with Crippen molar-refractivity contribution in [1.82, 2.24) is 0 Å². The Balaban J connectivity index is -0.0000000450. The predicted molar refractivity (Wildman–Crippen MR) is 10.2 cm³/mol. The Hall–Kier alpha value is 0.750. The minimum atomic E-state index is -3.08. The molecule has 0 radical (unpaired) electrons. The first-order chi connectivity index (χ1) is 1.73. The van der Waals surface area contributed by atoms with E-state index in [4.69, 9.17) is 0 Å². The molecule has 0 spiro atoms. The SMILES string of the molecule is F[C-](F)F.O.[Na+]. The third-order valence-electron chi connectivity index (χ3n) is 0. The van der Waals surface area contributed by atoms with E-state index in [1.807, 2.05) is 0 Å². The molecule has 0 bridgehead atoms. The van der Waals surface area contributed by atoms with Crippen LogP contribution in [0.5, 0.6) is 0 Å². The van der Waals surface area contributed by atoms with E-state index in [0.29, 0.717) is 0 Å². The fraction of sp³-hybridized carbons (Fsp3) is 0. The van der Waals surface area contributed by atoms with E-state index in [1.54, 1.807) is 0 Å². The molecule has 0 aliphatic rings. The van der Waals surface area contributed by atoms with Crippen molar-refractivity contribution in [2.24, 2.45) is 0 Å². The van der Waals surface area contributed by atoms with E-state index in [2.05, 4.69) is 0 Å². The maximum Gasteiger partial charge on any atom is 1.00 e. The maximum absolute atomic E-state index is 9.58. The zero-order chi connectivity index (χ0) is 3.58. The van der Waals surface area contributed by atoms with Crippen molar-refractivity contribution in [2.45, 2.75) is 0 Å². The smallest absolute Gasteiger partial charge is 0.412 e. The van der Waals surface area contributed by atoms with Gasteiger partial charge in [0.15, 0.2) is 6.68 Å². The summed E-state index contributed by atoms with van der Waals surface area (Å²) in [6, 6.07) is 0. The maximum atomic E-state index is 9.58. The summed E-state index contributed by atoms with van der Waals surface area (Å²) in [5.41, 5.74) is 0. The van der Waals surface area contributed by atoms with Gasteiger partial charge in [-0.1, -0.05) is 0 Å². The standard InChI is InChI=1S/CF3.Na.H2O/c2-1(3)4;;/h;;1H2/q-1;+1;. The molecule has 0 aliphatic heterocycles. The van der Waals surface area contributed by atoms with Crippen LogP contribution in [0, 0.1) is 6.68 Å². The molecule has 1 nitrogen and oxygen atoms in total. The molecule has 0 amide bonds. The normalized spacial score (nSPS) is 6.00. The third-order valence-corrected chi connectivity index (χ3v) is 0. The van der Waals surface area contributed by atoms with E-state index in [1.165, 1.54) is 0 Å². The molecule has 0 fully saturated rings. The average molecular weight is 110 g/mol. The molecule has 0 atom stereocenters. The molecular weight excluding hydrogens is 108 g/mol. The van der Waals surface area contributed by atoms with Crippen molar-refractivity contribution < 1.29 is 48.2 Å². The second-order valence-corrected chi connectivity index (χ2v) is 0.214. The van der Waals surface area contributed by atoms with Crippen molar-refractivity contribution in [3.63, 3.8) is 0 Å². The zero-order valence-electron chi connectivity index (χ0n) is 3.13. The molecule has 0 heterocycles. The first kappa shape index (κ1) is 15.9. The Morgan fingerprint density at radius 3 is 1.00 bits per heavy atom. The van der Waals surface area contributed by atoms with Gasteiger partial charge >= 0.3 is 29.6 Å². The van der Waals surface area contributed by atoms with Crippen LogP contribution in [0.1, 0.15) is 0 Å². The van der Waals surface area contributed by atoms with Crippen LogP contribution >= 0.6 is 0 Å². The molecule has 34 valence electrons. The van der Waals surface area contributed by atoms with Gasteiger partial charge in [0.1, 0.15) is 0 Å². The number of rotatable bonds is 0. The second kappa shape index (κ2) is 9.23. The predicted octanol–water partition coefficient (Wildman–Crippen LogP) is -2.48. The Morgan fingerprint density at radius 1 is 1.00 bits per heavy atom. The van der Waals surface area contributed by atoms with Crippen molar-refractivity contribution in [3.8, 4) is 0 Å². The summed E-state index contributed by atoms with van der Waals surface area (Å²) in [5, 5.41) is 0. The molecule has 0 saturated carbocycles. The fourth-order valence-electron chi connectivity index (χ4n) is 0. The minimum Gasteiger partial charge on any atom is -0.412 e. The molecule has 0 aliphatic carbocycles. The van der Waals surface area contributed by atoms with Gasteiger partial charge in [0.2, 0.25) is 0 Å². The van der Waals surface area contributed by atoms with Crippen LogP contribution in [-0.4, -0.2) is 5.48 Å². The van der Waals surface area contributed by atoms with Crippen molar-refractivity contribution in [2.75, 3.05) is 0 Å². The second-order valence-electron chi connectivity index (χ2n) is 0.214. The minimum absolute atomic E-state index is 0. The van der Waals surface area contributed by atoms with Crippen molar-refractivity contribution in [1.29, 1.82) is 0 Å². The molecule has 6 heavy (non-hydrogen) atoms. The molecule has 0 unspecified atom stereocenters. The van der Waals surface area contributed by atoms with E-state index in [0.717, 1.165) is 0 Å². The Labute approximate surface area is 55.1 Å². The molecule has 5 heteroatoms. The summed E-state index contributed by atoms with van der Waals surface area (Å²) in [7, 11) is 0. The number of halogens is 3. The van der Waals surface area contributed by atoms with Gasteiger partial charge in [-0.3, -0.25) is 0 Å². The van der Waals surface area contributed by atoms with Gasteiger partial charge in [-0.25, -0.2) is 0 Å².